The van der Waals surface area contributed by atoms with Crippen molar-refractivity contribution >= 4 is 31.3 Å². The fourth-order valence-electron chi connectivity index (χ4n) is 3.64. The molecule has 2 aromatic rings. The van der Waals surface area contributed by atoms with E-state index in [0.29, 0.717) is 5.56 Å². The lowest BCUT2D eigenvalue weighted by Gasteiger charge is -2.26. The Labute approximate surface area is 233 Å². The molecular weight excluding hydrogens is 539 g/mol. The Morgan fingerprint density at radius 2 is 1.43 bits per heavy atom. The maximum Gasteiger partial charge on any atom is 0.410 e. The summed E-state index contributed by atoms with van der Waals surface area (Å²) in [5, 5.41) is 13.8. The van der Waals surface area contributed by atoms with E-state index in [-0.39, 0.29) is 6.42 Å². The third kappa shape index (κ3) is 10.1. The molecule has 11 nitrogen and oxygen atoms in total. The zero-order chi connectivity index (χ0) is 30.0. The third-order valence-electron chi connectivity index (χ3n) is 6.08. The number of benzene rings is 2. The zero-order valence-electron chi connectivity index (χ0n) is 23.2. The fourth-order valence-corrected chi connectivity index (χ4v) is 5.19. The van der Waals surface area contributed by atoms with Crippen molar-refractivity contribution in [1.29, 1.82) is 0 Å². The molecule has 0 aliphatic heterocycles. The lowest BCUT2D eigenvalue weighted by Crippen LogP contribution is -2.44. The van der Waals surface area contributed by atoms with E-state index in [2.05, 4.69) is 10.6 Å². The minimum Gasteiger partial charge on any atom is -0.480 e. The molecule has 40 heavy (non-hydrogen) atoms. The quantitative estimate of drug-likeness (QED) is 0.157. The van der Waals surface area contributed by atoms with Crippen LogP contribution in [0.25, 0.3) is 11.1 Å². The van der Waals surface area contributed by atoms with Crippen LogP contribution in [-0.4, -0.2) is 58.2 Å². The molecule has 0 saturated heterocycles. The molecule has 0 saturated carbocycles. The van der Waals surface area contributed by atoms with Gasteiger partial charge >= 0.3 is 18.0 Å². The van der Waals surface area contributed by atoms with Gasteiger partial charge in [-0.1, -0.05) is 68.4 Å². The van der Waals surface area contributed by atoms with Crippen LogP contribution in [0.2, 0.25) is 0 Å². The Bertz CT molecular complexity index is 1220. The molecule has 0 aliphatic carbocycles. The average Bonchev–Trinajstić information content (AvgIpc) is 2.88. The average molecular weight is 577 g/mol. The first kappa shape index (κ1) is 32.5. The molecule has 2 amide bonds. The largest absolute Gasteiger partial charge is 0.480 e. The molecule has 2 rings (SSSR count). The smallest absolute Gasteiger partial charge is 0.410 e. The summed E-state index contributed by atoms with van der Waals surface area (Å²) < 4.78 is 23.2. The van der Waals surface area contributed by atoms with Gasteiger partial charge in [-0.15, -0.1) is 0 Å². The SMILES string of the molecule is CC(OC(=O)NC(C)P(=O)(O)C[C@@H](Cc1ccc(-c2ccccc2)cc1)C(=O)NC(C)C(=O)O)OC(=O)C(C)C. The van der Waals surface area contributed by atoms with E-state index in [1.54, 1.807) is 26.0 Å². The molecule has 0 aliphatic rings. The van der Waals surface area contributed by atoms with Crippen LogP contribution in [0.15, 0.2) is 54.6 Å². The number of aliphatic carboxylic acids is 1. The Morgan fingerprint density at radius 3 is 1.98 bits per heavy atom. The van der Waals surface area contributed by atoms with Crippen LogP contribution >= 0.6 is 7.37 Å². The lowest BCUT2D eigenvalue weighted by molar-refractivity contribution is -0.168. The van der Waals surface area contributed by atoms with Gasteiger partial charge < -0.3 is 30.1 Å². The van der Waals surface area contributed by atoms with Crippen molar-refractivity contribution in [3.05, 3.63) is 60.2 Å². The first-order valence-corrected chi connectivity index (χ1v) is 14.8. The van der Waals surface area contributed by atoms with Gasteiger partial charge in [0.2, 0.25) is 19.6 Å². The maximum atomic E-state index is 13.3. The number of amides is 2. The molecule has 2 aromatic carbocycles. The van der Waals surface area contributed by atoms with Crippen LogP contribution in [0.4, 0.5) is 4.79 Å². The predicted molar refractivity (Wildman–Crippen MR) is 148 cm³/mol. The second-order valence-electron chi connectivity index (χ2n) is 9.86. The summed E-state index contributed by atoms with van der Waals surface area (Å²) >= 11 is 0. The lowest BCUT2D eigenvalue weighted by atomic mass is 9.97. The molecule has 12 heteroatoms. The molecule has 0 spiro atoms. The highest BCUT2D eigenvalue weighted by Gasteiger charge is 2.36. The first-order valence-electron chi connectivity index (χ1n) is 12.9. The summed E-state index contributed by atoms with van der Waals surface area (Å²) in [7, 11) is -4.22. The summed E-state index contributed by atoms with van der Waals surface area (Å²) in [6, 6.07) is 15.8. The second kappa shape index (κ2) is 14.6. The van der Waals surface area contributed by atoms with Crippen LogP contribution in [0.3, 0.4) is 0 Å². The Morgan fingerprint density at radius 1 is 0.850 bits per heavy atom. The van der Waals surface area contributed by atoms with Crippen LogP contribution in [0.1, 0.15) is 40.2 Å². The standard InChI is InChI=1S/C28H37N2O9P/c1-17(2)27(34)38-20(5)39-28(35)30-19(4)40(36,37)16-24(25(31)29-18(3)26(32)33)15-21-11-13-23(14-12-21)22-9-7-6-8-10-22/h6-14,17-20,24H,15-16H2,1-5H3,(H,29,31)(H,30,35)(H,32,33)(H,36,37)/t18?,19?,20?,24-/m1/s1. The topological polar surface area (TPSA) is 168 Å². The summed E-state index contributed by atoms with van der Waals surface area (Å²) in [6.07, 6.45) is -2.79. The minimum absolute atomic E-state index is 0.0527. The molecule has 0 aromatic heterocycles. The van der Waals surface area contributed by atoms with E-state index in [1.807, 2.05) is 42.5 Å². The van der Waals surface area contributed by atoms with Gasteiger partial charge in [-0.05, 0) is 37.0 Å². The van der Waals surface area contributed by atoms with Gasteiger partial charge in [0.15, 0.2) is 0 Å². The van der Waals surface area contributed by atoms with Gasteiger partial charge in [-0.25, -0.2) is 4.79 Å². The Kier molecular flexibility index (Phi) is 11.9. The summed E-state index contributed by atoms with van der Waals surface area (Å²) in [4.78, 5) is 59.0. The maximum absolute atomic E-state index is 13.3. The summed E-state index contributed by atoms with van der Waals surface area (Å²) in [5.41, 5.74) is 2.64. The number of carboxylic acid groups (broad SMARTS) is 1. The van der Waals surface area contributed by atoms with Crippen molar-refractivity contribution in [3.63, 3.8) is 0 Å². The van der Waals surface area contributed by atoms with E-state index in [0.717, 1.165) is 11.1 Å². The van der Waals surface area contributed by atoms with Gasteiger partial charge in [0.25, 0.3) is 0 Å². The number of carbonyl (C=O) groups excluding carboxylic acids is 3. The summed E-state index contributed by atoms with van der Waals surface area (Å²) in [6.45, 7) is 7.13. The predicted octanol–water partition coefficient (Wildman–Crippen LogP) is 3.99. The highest BCUT2D eigenvalue weighted by Crippen LogP contribution is 2.47. The first-order chi connectivity index (χ1) is 18.7. The second-order valence-corrected chi connectivity index (χ2v) is 12.5. The van der Waals surface area contributed by atoms with Crippen molar-refractivity contribution in [1.82, 2.24) is 10.6 Å². The van der Waals surface area contributed by atoms with Crippen molar-refractivity contribution in [2.24, 2.45) is 11.8 Å². The molecule has 4 N–H and O–H groups in total. The monoisotopic (exact) mass is 576 g/mol. The minimum atomic E-state index is -4.22. The normalized spacial score (nSPS) is 15.6. The Hall–Kier alpha value is -3.69. The highest BCUT2D eigenvalue weighted by atomic mass is 31.2. The molecule has 5 atom stereocenters. The van der Waals surface area contributed by atoms with Crippen LogP contribution in [0.5, 0.6) is 0 Å². The number of hydrogen-bond acceptors (Lipinski definition) is 7. The molecule has 218 valence electrons. The van der Waals surface area contributed by atoms with Crippen molar-refractivity contribution in [3.8, 4) is 11.1 Å². The molecule has 0 fully saturated rings. The number of esters is 1. The van der Waals surface area contributed by atoms with Crippen LogP contribution < -0.4 is 10.6 Å². The Balaban J connectivity index is 2.14. The molecular formula is C28H37N2O9P. The van der Waals surface area contributed by atoms with Gasteiger partial charge in [0, 0.05) is 13.1 Å². The van der Waals surface area contributed by atoms with E-state index >= 15 is 0 Å². The number of carbonyl (C=O) groups is 4. The van der Waals surface area contributed by atoms with Crippen LogP contribution in [0, 0.1) is 11.8 Å². The van der Waals surface area contributed by atoms with E-state index in [9.17, 15) is 33.7 Å². The zero-order valence-corrected chi connectivity index (χ0v) is 24.1. The van der Waals surface area contributed by atoms with Gasteiger partial charge in [-0.2, -0.15) is 0 Å². The van der Waals surface area contributed by atoms with Crippen molar-refractivity contribution < 1.29 is 43.2 Å². The number of ether oxygens (including phenoxy) is 2. The molecule has 0 bridgehead atoms. The van der Waals surface area contributed by atoms with E-state index < -0.39 is 67.4 Å². The highest BCUT2D eigenvalue weighted by molar-refractivity contribution is 7.58. The molecule has 0 radical (unpaired) electrons. The number of hydrogen-bond donors (Lipinski definition) is 4. The number of carboxylic acids is 1. The number of alkyl carbamates (subject to hydrolysis) is 1. The van der Waals surface area contributed by atoms with Gasteiger partial charge in [-0.3, -0.25) is 18.9 Å². The van der Waals surface area contributed by atoms with E-state index in [4.69, 9.17) is 9.47 Å². The fraction of sp³-hybridized carbons (Fsp3) is 0.429. The molecule has 4 unspecified atom stereocenters. The summed E-state index contributed by atoms with van der Waals surface area (Å²) in [5.74, 6) is -5.38. The number of rotatable bonds is 13. The van der Waals surface area contributed by atoms with Crippen molar-refractivity contribution in [2.45, 2.75) is 59.2 Å². The van der Waals surface area contributed by atoms with Crippen LogP contribution in [-0.2, 0) is 34.8 Å². The molecule has 0 heterocycles. The van der Waals surface area contributed by atoms with E-state index in [1.165, 1.54) is 20.8 Å². The van der Waals surface area contributed by atoms with Gasteiger partial charge in [0.05, 0.1) is 11.8 Å². The van der Waals surface area contributed by atoms with Gasteiger partial charge in [0.1, 0.15) is 11.8 Å². The van der Waals surface area contributed by atoms with Crippen molar-refractivity contribution in [2.75, 3.05) is 6.16 Å². The third-order valence-corrected chi connectivity index (χ3v) is 8.39. The number of nitrogens with one attached hydrogen (secondary N) is 2.